The van der Waals surface area contributed by atoms with Crippen molar-refractivity contribution < 1.29 is 23.2 Å². The van der Waals surface area contributed by atoms with E-state index in [1.54, 1.807) is 11.8 Å². The molecule has 1 saturated heterocycles. The van der Waals surface area contributed by atoms with Gasteiger partial charge in [0.25, 0.3) is 5.69 Å². The number of aromatic carboxylic acids is 1. The fraction of sp³-hybridized carbons (Fsp3) is 0.417. The Labute approximate surface area is 121 Å². The number of nitro benzene ring substituents is 1. The quantitative estimate of drug-likeness (QED) is 0.651. The molecule has 8 nitrogen and oxygen atoms in total. The maximum atomic E-state index is 11.6. The number of nitro groups is 1. The summed E-state index contributed by atoms with van der Waals surface area (Å²) in [6, 6.07) is 3.18. The number of rotatable bonds is 3. The van der Waals surface area contributed by atoms with Gasteiger partial charge in [-0.15, -0.1) is 0 Å². The van der Waals surface area contributed by atoms with E-state index in [1.807, 2.05) is 0 Å². The van der Waals surface area contributed by atoms with Crippen LogP contribution in [0.5, 0.6) is 0 Å². The van der Waals surface area contributed by atoms with Crippen molar-refractivity contribution in [2.75, 3.05) is 23.0 Å². The smallest absolute Gasteiger partial charge is 0.338 e. The van der Waals surface area contributed by atoms with Crippen LogP contribution in [0.15, 0.2) is 18.2 Å². The molecule has 0 amide bonds. The Morgan fingerprint density at radius 3 is 2.67 bits per heavy atom. The molecule has 1 aromatic rings. The first-order chi connectivity index (χ1) is 9.71. The zero-order valence-electron chi connectivity index (χ0n) is 11.2. The summed E-state index contributed by atoms with van der Waals surface area (Å²) in [6.07, 6.45) is 0. The van der Waals surface area contributed by atoms with Crippen LogP contribution in [0.25, 0.3) is 0 Å². The molecular formula is C12H14N2O6S. The Morgan fingerprint density at radius 1 is 1.48 bits per heavy atom. The maximum Gasteiger partial charge on any atom is 0.338 e. The van der Waals surface area contributed by atoms with Crippen LogP contribution < -0.4 is 4.90 Å². The second-order valence-corrected chi connectivity index (χ2v) is 7.15. The van der Waals surface area contributed by atoms with Gasteiger partial charge in [-0.3, -0.25) is 10.1 Å². The van der Waals surface area contributed by atoms with E-state index in [4.69, 9.17) is 0 Å². The van der Waals surface area contributed by atoms with Crippen LogP contribution in [0.1, 0.15) is 17.3 Å². The number of anilines is 1. The van der Waals surface area contributed by atoms with Crippen LogP contribution in [0.4, 0.5) is 11.4 Å². The van der Waals surface area contributed by atoms with Gasteiger partial charge in [0.1, 0.15) is 0 Å². The average molecular weight is 314 g/mol. The Kier molecular flexibility index (Phi) is 3.86. The molecule has 0 aliphatic carbocycles. The monoisotopic (exact) mass is 314 g/mol. The van der Waals surface area contributed by atoms with Crippen molar-refractivity contribution in [3.05, 3.63) is 33.9 Å². The largest absolute Gasteiger partial charge is 0.478 e. The lowest BCUT2D eigenvalue weighted by atomic mass is 10.1. The molecular weight excluding hydrogens is 300 g/mol. The third-order valence-corrected chi connectivity index (χ3v) is 5.20. The van der Waals surface area contributed by atoms with Gasteiger partial charge in [0.05, 0.1) is 27.7 Å². The number of carboxylic acids is 1. The van der Waals surface area contributed by atoms with Crippen molar-refractivity contribution in [1.29, 1.82) is 0 Å². The van der Waals surface area contributed by atoms with Gasteiger partial charge in [0.2, 0.25) is 0 Å². The first kappa shape index (κ1) is 15.2. The van der Waals surface area contributed by atoms with Gasteiger partial charge in [-0.1, -0.05) is 0 Å². The third-order valence-electron chi connectivity index (χ3n) is 3.40. The molecule has 114 valence electrons. The van der Waals surface area contributed by atoms with Gasteiger partial charge >= 0.3 is 5.97 Å². The normalized spacial score (nSPS) is 21.0. The summed E-state index contributed by atoms with van der Waals surface area (Å²) >= 11 is 0. The molecule has 1 atom stereocenters. The van der Waals surface area contributed by atoms with E-state index in [1.165, 1.54) is 12.1 Å². The second kappa shape index (κ2) is 5.32. The van der Waals surface area contributed by atoms with E-state index in [-0.39, 0.29) is 35.3 Å². The molecule has 1 aromatic carbocycles. The van der Waals surface area contributed by atoms with E-state index in [0.29, 0.717) is 5.69 Å². The number of carboxylic acid groups (broad SMARTS) is 1. The van der Waals surface area contributed by atoms with Crippen LogP contribution in [0.2, 0.25) is 0 Å². The zero-order chi connectivity index (χ0) is 15.8. The fourth-order valence-electron chi connectivity index (χ4n) is 2.42. The SMILES string of the molecule is CC1CS(=O)(=O)CCN1c1ccc([N+](=O)[O-])cc1C(=O)O. The maximum absolute atomic E-state index is 11.6. The summed E-state index contributed by atoms with van der Waals surface area (Å²) in [7, 11) is -3.12. The Hall–Kier alpha value is -2.16. The Bertz CT molecular complexity index is 700. The summed E-state index contributed by atoms with van der Waals surface area (Å²) in [6.45, 7) is 1.85. The molecule has 1 aliphatic rings. The fourth-order valence-corrected chi connectivity index (χ4v) is 3.97. The summed E-state index contributed by atoms with van der Waals surface area (Å²) < 4.78 is 23.1. The summed E-state index contributed by atoms with van der Waals surface area (Å²) in [5, 5.41) is 20.0. The minimum Gasteiger partial charge on any atom is -0.478 e. The van der Waals surface area contributed by atoms with Crippen LogP contribution in [0, 0.1) is 10.1 Å². The van der Waals surface area contributed by atoms with Crippen molar-refractivity contribution in [3.8, 4) is 0 Å². The topological polar surface area (TPSA) is 118 Å². The molecule has 1 fully saturated rings. The van der Waals surface area contributed by atoms with Crippen molar-refractivity contribution in [2.24, 2.45) is 0 Å². The van der Waals surface area contributed by atoms with Crippen LogP contribution in [-0.2, 0) is 9.84 Å². The van der Waals surface area contributed by atoms with Gasteiger partial charge in [-0.2, -0.15) is 0 Å². The molecule has 0 saturated carbocycles. The minimum atomic E-state index is -3.12. The highest BCUT2D eigenvalue weighted by Crippen LogP contribution is 2.29. The van der Waals surface area contributed by atoms with Crippen molar-refractivity contribution >= 4 is 27.2 Å². The van der Waals surface area contributed by atoms with Gasteiger partial charge in [0.15, 0.2) is 9.84 Å². The first-order valence-corrected chi connectivity index (χ1v) is 8.02. The van der Waals surface area contributed by atoms with Crippen molar-refractivity contribution in [1.82, 2.24) is 0 Å². The van der Waals surface area contributed by atoms with Crippen LogP contribution in [-0.4, -0.2) is 48.5 Å². The van der Waals surface area contributed by atoms with E-state index >= 15 is 0 Å². The molecule has 0 spiro atoms. The van der Waals surface area contributed by atoms with Crippen LogP contribution in [0.3, 0.4) is 0 Å². The number of benzene rings is 1. The Morgan fingerprint density at radius 2 is 2.14 bits per heavy atom. The van der Waals surface area contributed by atoms with Gasteiger partial charge in [0, 0.05) is 24.7 Å². The molecule has 1 heterocycles. The standard InChI is InChI=1S/C12H14N2O6S/c1-8-7-21(19,20)5-4-13(8)11-3-2-9(14(17)18)6-10(11)12(15)16/h2-3,6,8H,4-5,7H2,1H3,(H,15,16). The number of carbonyl (C=O) groups is 1. The second-order valence-electron chi connectivity index (χ2n) is 4.92. The van der Waals surface area contributed by atoms with Gasteiger partial charge in [-0.05, 0) is 13.0 Å². The highest BCUT2D eigenvalue weighted by atomic mass is 32.2. The molecule has 1 unspecified atom stereocenters. The molecule has 0 radical (unpaired) electrons. The molecule has 21 heavy (non-hydrogen) atoms. The average Bonchev–Trinajstić information content (AvgIpc) is 2.37. The number of hydrogen-bond acceptors (Lipinski definition) is 6. The molecule has 9 heteroatoms. The highest BCUT2D eigenvalue weighted by molar-refractivity contribution is 7.91. The molecule has 0 aromatic heterocycles. The Balaban J connectivity index is 2.44. The number of nitrogens with zero attached hydrogens (tertiary/aromatic N) is 2. The first-order valence-electron chi connectivity index (χ1n) is 6.20. The third kappa shape index (κ3) is 3.13. The lowest BCUT2D eigenvalue weighted by molar-refractivity contribution is -0.384. The van der Waals surface area contributed by atoms with E-state index in [2.05, 4.69) is 0 Å². The number of non-ortho nitro benzene ring substituents is 1. The predicted octanol–water partition coefficient (Wildman–Crippen LogP) is 0.916. The van der Waals surface area contributed by atoms with E-state index in [9.17, 15) is 28.4 Å². The van der Waals surface area contributed by atoms with E-state index < -0.39 is 20.7 Å². The molecule has 1 aliphatic heterocycles. The van der Waals surface area contributed by atoms with Crippen molar-refractivity contribution in [2.45, 2.75) is 13.0 Å². The minimum absolute atomic E-state index is 0.0621. The van der Waals surface area contributed by atoms with Gasteiger partial charge < -0.3 is 10.0 Å². The summed E-state index contributed by atoms with van der Waals surface area (Å²) in [5.74, 6) is -1.41. The summed E-state index contributed by atoms with van der Waals surface area (Å²) in [4.78, 5) is 23.0. The van der Waals surface area contributed by atoms with Crippen molar-refractivity contribution in [3.63, 3.8) is 0 Å². The van der Waals surface area contributed by atoms with Gasteiger partial charge in [-0.25, -0.2) is 13.2 Å². The number of hydrogen-bond donors (Lipinski definition) is 1. The predicted molar refractivity (Wildman–Crippen MR) is 75.5 cm³/mol. The lowest BCUT2D eigenvalue weighted by Crippen LogP contribution is -2.47. The highest BCUT2D eigenvalue weighted by Gasteiger charge is 2.31. The van der Waals surface area contributed by atoms with Crippen LogP contribution >= 0.6 is 0 Å². The number of sulfone groups is 1. The molecule has 0 bridgehead atoms. The molecule has 2 rings (SSSR count). The summed E-state index contributed by atoms with van der Waals surface area (Å²) in [5.41, 5.74) is -0.209. The lowest BCUT2D eigenvalue weighted by Gasteiger charge is -2.35. The zero-order valence-corrected chi connectivity index (χ0v) is 12.0. The molecule has 1 N–H and O–H groups in total. The van der Waals surface area contributed by atoms with E-state index in [0.717, 1.165) is 6.07 Å².